The predicted molar refractivity (Wildman–Crippen MR) is 35.3 cm³/mol. The molecule has 0 aromatic rings. The van der Waals surface area contributed by atoms with Gasteiger partial charge in [-0.25, -0.2) is 0 Å². The fourth-order valence-electron chi connectivity index (χ4n) is 0.342. The summed E-state index contributed by atoms with van der Waals surface area (Å²) in [6.45, 7) is 0.578. The van der Waals surface area contributed by atoms with Gasteiger partial charge in [0.2, 0.25) is 0 Å². The number of hydrogen-bond donors (Lipinski definition) is 1. The Morgan fingerprint density at radius 1 is 1.57 bits per heavy atom. The summed E-state index contributed by atoms with van der Waals surface area (Å²) in [5, 5.41) is 7.03. The highest BCUT2D eigenvalue weighted by atomic mass is 32.1. The Balaban J connectivity index is 2.55. The first-order chi connectivity index (χ1) is 3.29. The quantitative estimate of drug-likeness (QED) is 0.461. The van der Waals surface area contributed by atoms with Gasteiger partial charge in [-0.3, -0.25) is 5.32 Å². The molecule has 37 valence electrons. The highest BCUT2D eigenvalue weighted by Crippen LogP contribution is 1.82. The Morgan fingerprint density at radius 2 is 2.29 bits per heavy atom. The highest BCUT2D eigenvalue weighted by molar-refractivity contribution is 7.82. The SMILES string of the molecule is S=C1C[N]C(=S)N1. The Bertz CT molecular complexity index is 106. The average molecular weight is 131 g/mol. The number of thiocarbonyl (C=S) groups is 2. The van der Waals surface area contributed by atoms with E-state index in [2.05, 4.69) is 22.9 Å². The Hall–Kier alpha value is -0.220. The number of hydrogen-bond acceptors (Lipinski definition) is 2. The van der Waals surface area contributed by atoms with E-state index in [-0.39, 0.29) is 0 Å². The van der Waals surface area contributed by atoms with Crippen molar-refractivity contribution in [2.75, 3.05) is 6.54 Å². The highest BCUT2D eigenvalue weighted by Gasteiger charge is 2.09. The summed E-state index contributed by atoms with van der Waals surface area (Å²) in [7, 11) is 0. The molecule has 4 heteroatoms. The molecular weight excluding hydrogens is 128 g/mol. The van der Waals surface area contributed by atoms with E-state index >= 15 is 0 Å². The normalized spacial score (nSPS) is 18.9. The molecular formula is C3H3N2S2. The molecule has 1 saturated heterocycles. The maximum atomic E-state index is 4.70. The summed E-state index contributed by atoms with van der Waals surface area (Å²) in [6, 6.07) is 0. The van der Waals surface area contributed by atoms with Crippen molar-refractivity contribution >= 4 is 34.5 Å². The van der Waals surface area contributed by atoms with Crippen LogP contribution in [0.15, 0.2) is 0 Å². The lowest BCUT2D eigenvalue weighted by molar-refractivity contribution is 1.13. The van der Waals surface area contributed by atoms with E-state index in [9.17, 15) is 0 Å². The molecule has 0 aromatic heterocycles. The fourth-order valence-corrected chi connectivity index (χ4v) is 0.756. The van der Waals surface area contributed by atoms with Crippen LogP contribution in [0.25, 0.3) is 0 Å². The number of rotatable bonds is 0. The molecule has 1 radical (unpaired) electrons. The van der Waals surface area contributed by atoms with Gasteiger partial charge in [-0.1, -0.05) is 12.2 Å². The molecule has 0 amide bonds. The maximum Gasteiger partial charge on any atom is 0.193 e. The van der Waals surface area contributed by atoms with Gasteiger partial charge in [0, 0.05) is 0 Å². The zero-order valence-electron chi connectivity index (χ0n) is 3.47. The second kappa shape index (κ2) is 1.71. The molecule has 2 nitrogen and oxygen atoms in total. The first-order valence-corrected chi connectivity index (χ1v) is 2.62. The van der Waals surface area contributed by atoms with Crippen LogP contribution >= 0.6 is 24.4 Å². The minimum atomic E-state index is 0.519. The monoisotopic (exact) mass is 131 g/mol. The van der Waals surface area contributed by atoms with E-state index < -0.39 is 0 Å². The van der Waals surface area contributed by atoms with Crippen molar-refractivity contribution in [1.82, 2.24) is 10.6 Å². The third kappa shape index (κ3) is 1.07. The van der Waals surface area contributed by atoms with Crippen LogP contribution in [0.2, 0.25) is 0 Å². The van der Waals surface area contributed by atoms with Gasteiger partial charge in [-0.05, 0) is 12.2 Å². The zero-order chi connectivity index (χ0) is 5.28. The van der Waals surface area contributed by atoms with E-state index in [4.69, 9.17) is 12.2 Å². The van der Waals surface area contributed by atoms with Crippen molar-refractivity contribution in [3.8, 4) is 0 Å². The van der Waals surface area contributed by atoms with Crippen LogP contribution < -0.4 is 10.6 Å². The molecule has 0 aliphatic carbocycles. The van der Waals surface area contributed by atoms with Gasteiger partial charge >= 0.3 is 0 Å². The molecule has 1 fully saturated rings. The lowest BCUT2D eigenvalue weighted by atomic mass is 10.7. The minimum Gasteiger partial charge on any atom is -0.324 e. The van der Waals surface area contributed by atoms with Crippen molar-refractivity contribution in [2.24, 2.45) is 0 Å². The smallest absolute Gasteiger partial charge is 0.193 e. The molecule has 1 aliphatic rings. The number of nitrogens with zero attached hydrogens (tertiary/aromatic N) is 1. The number of nitrogens with one attached hydrogen (secondary N) is 1. The lowest BCUT2D eigenvalue weighted by Gasteiger charge is -1.83. The van der Waals surface area contributed by atoms with Gasteiger partial charge in [0.25, 0.3) is 0 Å². The molecule has 0 atom stereocenters. The Morgan fingerprint density at radius 3 is 2.43 bits per heavy atom. The zero-order valence-corrected chi connectivity index (χ0v) is 5.10. The van der Waals surface area contributed by atoms with E-state index in [1.165, 1.54) is 0 Å². The summed E-state index contributed by atoms with van der Waals surface area (Å²) in [5.74, 6) is 0. The van der Waals surface area contributed by atoms with Crippen LogP contribution in [0.4, 0.5) is 0 Å². The van der Waals surface area contributed by atoms with Crippen molar-refractivity contribution in [3.63, 3.8) is 0 Å². The Kier molecular flexibility index (Phi) is 1.21. The third-order valence-electron chi connectivity index (χ3n) is 0.613. The van der Waals surface area contributed by atoms with Gasteiger partial charge in [-0.15, -0.1) is 0 Å². The third-order valence-corrected chi connectivity index (χ3v) is 1.07. The van der Waals surface area contributed by atoms with Crippen molar-refractivity contribution in [1.29, 1.82) is 0 Å². The van der Waals surface area contributed by atoms with Crippen molar-refractivity contribution in [3.05, 3.63) is 0 Å². The van der Waals surface area contributed by atoms with E-state index in [1.807, 2.05) is 0 Å². The molecule has 1 N–H and O–H groups in total. The first kappa shape index (κ1) is 4.93. The molecule has 7 heavy (non-hydrogen) atoms. The minimum absolute atomic E-state index is 0.519. The summed E-state index contributed by atoms with van der Waals surface area (Å²) in [4.78, 5) is 0.727. The van der Waals surface area contributed by atoms with E-state index in [0.29, 0.717) is 11.7 Å². The molecule has 0 aromatic carbocycles. The Labute approximate surface area is 52.3 Å². The lowest BCUT2D eigenvalue weighted by Crippen LogP contribution is -2.18. The summed E-state index contributed by atoms with van der Waals surface area (Å²) in [5.41, 5.74) is 0. The van der Waals surface area contributed by atoms with Crippen LogP contribution in [0.1, 0.15) is 0 Å². The maximum absolute atomic E-state index is 4.70. The molecule has 1 rings (SSSR count). The van der Waals surface area contributed by atoms with Crippen molar-refractivity contribution in [2.45, 2.75) is 0 Å². The molecule has 1 aliphatic heterocycles. The molecule has 0 saturated carbocycles. The van der Waals surface area contributed by atoms with Gasteiger partial charge < -0.3 is 5.32 Å². The van der Waals surface area contributed by atoms with Crippen LogP contribution in [0, 0.1) is 0 Å². The van der Waals surface area contributed by atoms with E-state index in [0.717, 1.165) is 4.99 Å². The second-order valence-electron chi connectivity index (χ2n) is 1.17. The molecule has 0 bridgehead atoms. The fraction of sp³-hybridized carbons (Fsp3) is 0.333. The van der Waals surface area contributed by atoms with Crippen molar-refractivity contribution < 1.29 is 0 Å². The van der Waals surface area contributed by atoms with Gasteiger partial charge in [0.05, 0.1) is 6.54 Å². The van der Waals surface area contributed by atoms with Crippen LogP contribution in [-0.2, 0) is 0 Å². The van der Waals surface area contributed by atoms with Crippen LogP contribution in [0.3, 0.4) is 0 Å². The second-order valence-corrected chi connectivity index (χ2v) is 2.05. The topological polar surface area (TPSA) is 26.1 Å². The van der Waals surface area contributed by atoms with Crippen LogP contribution in [0.5, 0.6) is 0 Å². The van der Waals surface area contributed by atoms with Gasteiger partial charge in [0.15, 0.2) is 5.11 Å². The van der Waals surface area contributed by atoms with Gasteiger partial charge in [0.1, 0.15) is 4.99 Å². The first-order valence-electron chi connectivity index (χ1n) is 1.80. The molecule has 0 unspecified atom stereocenters. The molecule has 0 spiro atoms. The summed E-state index contributed by atoms with van der Waals surface area (Å²) in [6.07, 6.45) is 0. The summed E-state index contributed by atoms with van der Waals surface area (Å²) >= 11 is 9.33. The van der Waals surface area contributed by atoms with Gasteiger partial charge in [-0.2, -0.15) is 0 Å². The molecule has 1 heterocycles. The summed E-state index contributed by atoms with van der Waals surface area (Å²) < 4.78 is 0. The predicted octanol–water partition coefficient (Wildman–Crippen LogP) is -0.194. The van der Waals surface area contributed by atoms with Crippen LogP contribution in [-0.4, -0.2) is 16.6 Å². The standard InChI is InChI=1S/C3H3N2S2/c6-2-1-4-3(7)5-2/h1H2,(H,5,6,7). The van der Waals surface area contributed by atoms with E-state index in [1.54, 1.807) is 0 Å². The largest absolute Gasteiger partial charge is 0.324 e. The average Bonchev–Trinajstić information content (AvgIpc) is 1.87.